The third kappa shape index (κ3) is 5.44. The number of methoxy groups -OCH3 is 1. The van der Waals surface area contributed by atoms with Crippen molar-refractivity contribution in [2.24, 2.45) is 5.92 Å². The lowest BCUT2D eigenvalue weighted by Crippen LogP contribution is -2.43. The summed E-state index contributed by atoms with van der Waals surface area (Å²) in [4.78, 5) is 12.8. The molecule has 0 bridgehead atoms. The lowest BCUT2D eigenvalue weighted by Gasteiger charge is -2.31. The summed E-state index contributed by atoms with van der Waals surface area (Å²) >= 11 is 0. The monoisotopic (exact) mass is 499 g/mol. The summed E-state index contributed by atoms with van der Waals surface area (Å²) < 4.78 is 52.8. The maximum Gasteiger partial charge on any atom is 0.248 e. The molecule has 2 heterocycles. The molecule has 1 fully saturated rings. The molecule has 0 radical (unpaired) electrons. The fourth-order valence-corrected chi connectivity index (χ4v) is 5.80. The number of nitrogens with zero attached hydrogens (tertiary/aromatic N) is 2. The second kappa shape index (κ2) is 10.4. The van der Waals surface area contributed by atoms with Crippen LogP contribution >= 0.6 is 0 Å². The fraction of sp³-hybridized carbons (Fsp3) is 0.280. The molecule has 1 aromatic heterocycles. The summed E-state index contributed by atoms with van der Waals surface area (Å²) in [6, 6.07) is 13.1. The highest BCUT2D eigenvalue weighted by Crippen LogP contribution is 2.30. The maximum absolute atomic E-state index is 14.0. The molecule has 1 N–H and O–H groups in total. The van der Waals surface area contributed by atoms with E-state index >= 15 is 0 Å². The Balaban J connectivity index is 1.53. The number of rotatable bonds is 7. The molecule has 2 aromatic carbocycles. The number of aromatic nitrogens is 1. The van der Waals surface area contributed by atoms with Crippen LogP contribution in [0.25, 0.3) is 12.2 Å². The van der Waals surface area contributed by atoms with Crippen LogP contribution in [0.3, 0.4) is 0 Å². The highest BCUT2D eigenvalue weighted by molar-refractivity contribution is 7.89. The Morgan fingerprint density at radius 1 is 1.23 bits per heavy atom. The van der Waals surface area contributed by atoms with Gasteiger partial charge in [-0.15, -0.1) is 0 Å². The van der Waals surface area contributed by atoms with Crippen molar-refractivity contribution in [3.63, 3.8) is 0 Å². The van der Waals surface area contributed by atoms with Gasteiger partial charge < -0.3 is 14.6 Å². The van der Waals surface area contributed by atoms with Gasteiger partial charge in [0.1, 0.15) is 17.3 Å². The van der Waals surface area contributed by atoms with Gasteiger partial charge in [-0.1, -0.05) is 29.4 Å². The maximum atomic E-state index is 14.0. The van der Waals surface area contributed by atoms with E-state index in [-0.39, 0.29) is 40.9 Å². The molecular formula is C25H26FN3O5S. The number of hydrogen-bond acceptors (Lipinski definition) is 6. The van der Waals surface area contributed by atoms with Crippen LogP contribution in [0.2, 0.25) is 0 Å². The molecule has 0 saturated carbocycles. The number of benzene rings is 2. The second-order valence-corrected chi connectivity index (χ2v) is 10.1. The highest BCUT2D eigenvalue weighted by Gasteiger charge is 2.37. The Morgan fingerprint density at radius 2 is 2.03 bits per heavy atom. The molecular weight excluding hydrogens is 473 g/mol. The van der Waals surface area contributed by atoms with Gasteiger partial charge in [-0.05, 0) is 50.1 Å². The van der Waals surface area contributed by atoms with E-state index in [9.17, 15) is 17.6 Å². The second-order valence-electron chi connectivity index (χ2n) is 8.24. The van der Waals surface area contributed by atoms with Crippen LogP contribution in [-0.2, 0) is 14.8 Å². The quantitative estimate of drug-likeness (QED) is 0.519. The molecule has 4 rings (SSSR count). The minimum atomic E-state index is -4.01. The van der Waals surface area contributed by atoms with Crippen molar-refractivity contribution in [3.05, 3.63) is 71.4 Å². The third-order valence-corrected chi connectivity index (χ3v) is 7.87. The number of amides is 1. The van der Waals surface area contributed by atoms with E-state index < -0.39 is 21.8 Å². The predicted molar refractivity (Wildman–Crippen MR) is 130 cm³/mol. The van der Waals surface area contributed by atoms with E-state index in [1.807, 2.05) is 0 Å². The summed E-state index contributed by atoms with van der Waals surface area (Å²) in [6.07, 6.45) is 3.92. The van der Waals surface area contributed by atoms with Crippen LogP contribution in [0.1, 0.15) is 29.9 Å². The molecule has 0 spiro atoms. The van der Waals surface area contributed by atoms with E-state index in [1.165, 1.54) is 36.6 Å². The van der Waals surface area contributed by atoms with Crippen molar-refractivity contribution in [1.82, 2.24) is 9.46 Å². The number of carbonyl (C=O) groups excluding carboxylic acids is 1. The van der Waals surface area contributed by atoms with Gasteiger partial charge in [0.15, 0.2) is 10.7 Å². The van der Waals surface area contributed by atoms with Gasteiger partial charge in [0, 0.05) is 30.4 Å². The average Bonchev–Trinajstić information content (AvgIpc) is 3.24. The zero-order valence-electron chi connectivity index (χ0n) is 19.4. The highest BCUT2D eigenvalue weighted by atomic mass is 32.2. The van der Waals surface area contributed by atoms with E-state index in [1.54, 1.807) is 42.5 Å². The standard InChI is InChI=1S/C25H26FN3O5S/c1-17-24(23(34-28-17)13-12-18-7-3-4-11-22(18)26)35(31,32)29-14-6-8-19(16-29)25(30)27-20-9-5-10-21(15-20)33-2/h3-5,7,9-13,15,19H,6,8,14,16H2,1-2H3,(H,27,30). The predicted octanol–water partition coefficient (Wildman–Crippen LogP) is 4.34. The molecule has 1 unspecified atom stereocenters. The van der Waals surface area contributed by atoms with Crippen LogP contribution in [0.15, 0.2) is 57.9 Å². The fourth-order valence-electron chi connectivity index (χ4n) is 4.02. The van der Waals surface area contributed by atoms with Gasteiger partial charge in [-0.3, -0.25) is 4.79 Å². The van der Waals surface area contributed by atoms with Gasteiger partial charge in [0.05, 0.1) is 13.0 Å². The zero-order chi connectivity index (χ0) is 25.0. The Bertz CT molecular complexity index is 1350. The molecule has 1 atom stereocenters. The Hall–Kier alpha value is -3.50. The molecule has 35 heavy (non-hydrogen) atoms. The normalized spacial score (nSPS) is 16.9. The van der Waals surface area contributed by atoms with E-state index in [4.69, 9.17) is 9.26 Å². The summed E-state index contributed by atoms with van der Waals surface area (Å²) in [5, 5.41) is 6.66. The molecule has 1 amide bonds. The van der Waals surface area contributed by atoms with Gasteiger partial charge in [0.2, 0.25) is 15.9 Å². The average molecular weight is 500 g/mol. The summed E-state index contributed by atoms with van der Waals surface area (Å²) in [5.74, 6) is -0.615. The van der Waals surface area contributed by atoms with Crippen LogP contribution in [0.5, 0.6) is 5.75 Å². The summed E-state index contributed by atoms with van der Waals surface area (Å²) in [7, 11) is -2.47. The Kier molecular flexibility index (Phi) is 7.32. The molecule has 1 aliphatic rings. The SMILES string of the molecule is COc1cccc(NC(=O)C2CCCN(S(=O)(=O)c3c(C)noc3C=Cc3ccccc3F)C2)c1. The lowest BCUT2D eigenvalue weighted by molar-refractivity contribution is -0.120. The minimum absolute atomic E-state index is 0.00806. The summed E-state index contributed by atoms with van der Waals surface area (Å²) in [5.41, 5.74) is 1.06. The summed E-state index contributed by atoms with van der Waals surface area (Å²) in [6.45, 7) is 1.83. The first-order valence-corrected chi connectivity index (χ1v) is 12.6. The minimum Gasteiger partial charge on any atom is -0.497 e. The van der Waals surface area contributed by atoms with Crippen molar-refractivity contribution in [2.45, 2.75) is 24.7 Å². The molecule has 3 aromatic rings. The van der Waals surface area contributed by atoms with Gasteiger partial charge in [-0.2, -0.15) is 4.31 Å². The molecule has 184 valence electrons. The smallest absolute Gasteiger partial charge is 0.248 e. The number of anilines is 1. The van der Waals surface area contributed by atoms with Crippen LogP contribution < -0.4 is 10.1 Å². The molecule has 0 aliphatic carbocycles. The van der Waals surface area contributed by atoms with Crippen LogP contribution in [0.4, 0.5) is 10.1 Å². The number of sulfonamides is 1. The molecule has 1 saturated heterocycles. The first kappa shape index (κ1) is 24.6. The van der Waals surface area contributed by atoms with Crippen molar-refractivity contribution >= 4 is 33.8 Å². The Labute approximate surface area is 203 Å². The number of nitrogens with one attached hydrogen (secondary N) is 1. The molecule has 8 nitrogen and oxygen atoms in total. The number of piperidine rings is 1. The number of carbonyl (C=O) groups is 1. The van der Waals surface area contributed by atoms with Crippen LogP contribution in [0, 0.1) is 18.7 Å². The van der Waals surface area contributed by atoms with Gasteiger partial charge >= 0.3 is 0 Å². The van der Waals surface area contributed by atoms with Gasteiger partial charge in [0.25, 0.3) is 0 Å². The van der Waals surface area contributed by atoms with Crippen molar-refractivity contribution in [3.8, 4) is 5.75 Å². The largest absolute Gasteiger partial charge is 0.497 e. The van der Waals surface area contributed by atoms with E-state index in [2.05, 4.69) is 10.5 Å². The number of aryl methyl sites for hydroxylation is 1. The first-order chi connectivity index (χ1) is 16.8. The number of halogens is 1. The van der Waals surface area contributed by atoms with Gasteiger partial charge in [-0.25, -0.2) is 12.8 Å². The molecule has 10 heteroatoms. The van der Waals surface area contributed by atoms with Crippen LogP contribution in [-0.4, -0.2) is 44.0 Å². The topological polar surface area (TPSA) is 102 Å². The van der Waals surface area contributed by atoms with Crippen molar-refractivity contribution in [1.29, 1.82) is 0 Å². The third-order valence-electron chi connectivity index (χ3n) is 5.84. The first-order valence-electron chi connectivity index (χ1n) is 11.1. The van der Waals surface area contributed by atoms with Crippen molar-refractivity contribution in [2.75, 3.05) is 25.5 Å². The Morgan fingerprint density at radius 3 is 2.80 bits per heavy atom. The van der Waals surface area contributed by atoms with E-state index in [0.29, 0.717) is 24.3 Å². The zero-order valence-corrected chi connectivity index (χ0v) is 20.2. The van der Waals surface area contributed by atoms with E-state index in [0.717, 1.165) is 0 Å². The van der Waals surface area contributed by atoms with Crippen molar-refractivity contribution < 1.29 is 26.9 Å². The lowest BCUT2D eigenvalue weighted by atomic mass is 9.98. The number of hydrogen-bond donors (Lipinski definition) is 1. The number of ether oxygens (including phenoxy) is 1. The molecule has 1 aliphatic heterocycles.